The summed E-state index contributed by atoms with van der Waals surface area (Å²) in [6.45, 7) is 2.57. The summed E-state index contributed by atoms with van der Waals surface area (Å²) >= 11 is 0. The van der Waals surface area contributed by atoms with E-state index >= 15 is 0 Å². The summed E-state index contributed by atoms with van der Waals surface area (Å²) in [5.74, 6) is 0. The molecule has 0 bridgehead atoms. The van der Waals surface area contributed by atoms with Crippen LogP contribution in [0.25, 0.3) is 0 Å². The van der Waals surface area contributed by atoms with Crippen molar-refractivity contribution >= 4 is 0 Å². The highest BCUT2D eigenvalue weighted by Crippen LogP contribution is 2.28. The van der Waals surface area contributed by atoms with Crippen molar-refractivity contribution in [3.8, 4) is 0 Å². The smallest absolute Gasteiger partial charge is 0.105 e. The Bertz CT molecular complexity index is 360. The van der Waals surface area contributed by atoms with E-state index in [1.54, 1.807) is 12.5 Å². The fourth-order valence-corrected chi connectivity index (χ4v) is 1.59. The van der Waals surface area contributed by atoms with E-state index in [9.17, 15) is 5.11 Å². The van der Waals surface area contributed by atoms with Gasteiger partial charge in [-0.3, -0.25) is 4.98 Å². The van der Waals surface area contributed by atoms with E-state index in [0.29, 0.717) is 6.61 Å². The van der Waals surface area contributed by atoms with E-state index in [0.717, 1.165) is 23.3 Å². The topological polar surface area (TPSA) is 42.4 Å². The van der Waals surface area contributed by atoms with Crippen LogP contribution in [-0.4, -0.2) is 16.7 Å². The van der Waals surface area contributed by atoms with Crippen molar-refractivity contribution < 1.29 is 9.84 Å². The minimum absolute atomic E-state index is 0.564. The van der Waals surface area contributed by atoms with Gasteiger partial charge < -0.3 is 9.84 Å². The van der Waals surface area contributed by atoms with E-state index in [2.05, 4.69) is 4.98 Å². The number of hydrogen-bond donors (Lipinski definition) is 1. The van der Waals surface area contributed by atoms with E-state index < -0.39 is 6.10 Å². The Morgan fingerprint density at radius 1 is 1.57 bits per heavy atom. The fraction of sp³-hybridized carbons (Fsp3) is 0.364. The molecule has 0 spiro atoms. The molecular formula is C11H13NO2. The van der Waals surface area contributed by atoms with Crippen molar-refractivity contribution in [1.82, 2.24) is 4.98 Å². The summed E-state index contributed by atoms with van der Waals surface area (Å²) in [5.41, 5.74) is 2.66. The van der Waals surface area contributed by atoms with Crippen LogP contribution in [0.4, 0.5) is 0 Å². The number of nitrogens with zero attached hydrogens (tertiary/aromatic N) is 1. The first kappa shape index (κ1) is 9.21. The molecular weight excluding hydrogens is 178 g/mol. The molecule has 1 unspecified atom stereocenters. The van der Waals surface area contributed by atoms with Crippen LogP contribution in [0, 0.1) is 6.92 Å². The van der Waals surface area contributed by atoms with E-state index in [-0.39, 0.29) is 0 Å². The summed E-state index contributed by atoms with van der Waals surface area (Å²) in [6, 6.07) is 3.73. The van der Waals surface area contributed by atoms with Gasteiger partial charge in [0.05, 0.1) is 12.9 Å². The van der Waals surface area contributed by atoms with E-state index in [4.69, 9.17) is 4.74 Å². The standard InChI is InChI=1S/C11H13NO2/c1-8-10(3-2-5-12-8)11(13)9-4-6-14-7-9/h2-3,5,7,11,13H,4,6H2,1H3. The van der Waals surface area contributed by atoms with Gasteiger partial charge in [0.15, 0.2) is 0 Å². The molecule has 0 saturated carbocycles. The Labute approximate surface area is 83.1 Å². The monoisotopic (exact) mass is 191 g/mol. The van der Waals surface area contributed by atoms with Crippen LogP contribution in [0.15, 0.2) is 30.2 Å². The maximum Gasteiger partial charge on any atom is 0.105 e. The van der Waals surface area contributed by atoms with Crippen molar-refractivity contribution in [2.45, 2.75) is 19.4 Å². The second-order valence-corrected chi connectivity index (χ2v) is 3.39. The van der Waals surface area contributed by atoms with Crippen molar-refractivity contribution in [3.05, 3.63) is 41.4 Å². The van der Waals surface area contributed by atoms with Gasteiger partial charge in [-0.15, -0.1) is 0 Å². The molecule has 0 radical (unpaired) electrons. The van der Waals surface area contributed by atoms with Gasteiger partial charge >= 0.3 is 0 Å². The van der Waals surface area contributed by atoms with Crippen molar-refractivity contribution in [1.29, 1.82) is 0 Å². The maximum absolute atomic E-state index is 10.0. The Morgan fingerprint density at radius 2 is 2.43 bits per heavy atom. The van der Waals surface area contributed by atoms with Crippen molar-refractivity contribution in [2.24, 2.45) is 0 Å². The van der Waals surface area contributed by atoms with Crippen LogP contribution in [0.3, 0.4) is 0 Å². The summed E-state index contributed by atoms with van der Waals surface area (Å²) in [6.07, 6.45) is 3.61. The molecule has 1 aromatic rings. The molecule has 14 heavy (non-hydrogen) atoms. The first-order valence-electron chi connectivity index (χ1n) is 4.69. The van der Waals surface area contributed by atoms with E-state index in [1.165, 1.54) is 0 Å². The zero-order chi connectivity index (χ0) is 9.97. The Balaban J connectivity index is 2.26. The molecule has 0 aliphatic carbocycles. The summed E-state index contributed by atoms with van der Waals surface area (Å²) in [4.78, 5) is 4.14. The lowest BCUT2D eigenvalue weighted by Crippen LogP contribution is -2.03. The van der Waals surface area contributed by atoms with E-state index in [1.807, 2.05) is 19.1 Å². The zero-order valence-electron chi connectivity index (χ0n) is 8.10. The Hall–Kier alpha value is -1.35. The predicted octanol–water partition coefficient (Wildman–Crippen LogP) is 1.73. The normalized spacial score (nSPS) is 17.4. The lowest BCUT2D eigenvalue weighted by atomic mass is 10.0. The number of rotatable bonds is 2. The number of aryl methyl sites for hydroxylation is 1. The SMILES string of the molecule is Cc1ncccc1C(O)C1=COCC1. The molecule has 2 rings (SSSR count). The summed E-state index contributed by atoms with van der Waals surface area (Å²) < 4.78 is 5.10. The largest absolute Gasteiger partial charge is 0.501 e. The predicted molar refractivity (Wildman–Crippen MR) is 52.6 cm³/mol. The molecule has 1 aromatic heterocycles. The first-order chi connectivity index (χ1) is 6.79. The molecule has 0 amide bonds. The van der Waals surface area contributed by atoms with Gasteiger partial charge in [-0.05, 0) is 13.0 Å². The number of aliphatic hydroxyl groups excluding tert-OH is 1. The highest BCUT2D eigenvalue weighted by molar-refractivity contribution is 5.28. The molecule has 1 N–H and O–H groups in total. The molecule has 3 heteroatoms. The van der Waals surface area contributed by atoms with Gasteiger partial charge in [-0.25, -0.2) is 0 Å². The zero-order valence-corrected chi connectivity index (χ0v) is 8.10. The molecule has 2 heterocycles. The minimum atomic E-state index is -0.564. The molecule has 3 nitrogen and oxygen atoms in total. The number of aliphatic hydroxyl groups is 1. The van der Waals surface area contributed by atoms with Crippen LogP contribution < -0.4 is 0 Å². The van der Waals surface area contributed by atoms with Crippen LogP contribution in [0.2, 0.25) is 0 Å². The maximum atomic E-state index is 10.0. The van der Waals surface area contributed by atoms with Gasteiger partial charge in [0, 0.05) is 29.4 Å². The number of pyridine rings is 1. The van der Waals surface area contributed by atoms with Crippen molar-refractivity contribution in [2.75, 3.05) is 6.61 Å². The van der Waals surface area contributed by atoms with Gasteiger partial charge in [-0.2, -0.15) is 0 Å². The number of aromatic nitrogens is 1. The molecule has 1 aliphatic rings. The molecule has 1 atom stereocenters. The highest BCUT2D eigenvalue weighted by Gasteiger charge is 2.18. The van der Waals surface area contributed by atoms with Crippen LogP contribution in [0.5, 0.6) is 0 Å². The van der Waals surface area contributed by atoms with Crippen molar-refractivity contribution in [3.63, 3.8) is 0 Å². The van der Waals surface area contributed by atoms with Gasteiger partial charge in [0.25, 0.3) is 0 Å². The minimum Gasteiger partial charge on any atom is -0.501 e. The first-order valence-corrected chi connectivity index (χ1v) is 4.69. The lowest BCUT2D eigenvalue weighted by molar-refractivity contribution is 0.212. The Kier molecular flexibility index (Phi) is 2.50. The molecule has 1 aliphatic heterocycles. The summed E-state index contributed by atoms with van der Waals surface area (Å²) in [7, 11) is 0. The number of hydrogen-bond acceptors (Lipinski definition) is 3. The second kappa shape index (κ2) is 3.80. The third-order valence-electron chi connectivity index (χ3n) is 2.44. The average Bonchev–Trinajstić information content (AvgIpc) is 2.70. The Morgan fingerprint density at radius 3 is 3.07 bits per heavy atom. The molecule has 0 aromatic carbocycles. The lowest BCUT2D eigenvalue weighted by Gasteiger charge is -2.12. The van der Waals surface area contributed by atoms with Gasteiger partial charge in [0.1, 0.15) is 6.10 Å². The van der Waals surface area contributed by atoms with Gasteiger partial charge in [-0.1, -0.05) is 6.07 Å². The van der Waals surface area contributed by atoms with Gasteiger partial charge in [0.2, 0.25) is 0 Å². The molecule has 0 fully saturated rings. The van der Waals surface area contributed by atoms with Crippen LogP contribution >= 0.6 is 0 Å². The number of ether oxygens (including phenoxy) is 1. The summed E-state index contributed by atoms with van der Waals surface area (Å²) in [5, 5.41) is 10.0. The quantitative estimate of drug-likeness (QED) is 0.774. The third-order valence-corrected chi connectivity index (χ3v) is 2.44. The van der Waals surface area contributed by atoms with Crippen LogP contribution in [-0.2, 0) is 4.74 Å². The second-order valence-electron chi connectivity index (χ2n) is 3.39. The average molecular weight is 191 g/mol. The fourth-order valence-electron chi connectivity index (χ4n) is 1.59. The molecule has 74 valence electrons. The highest BCUT2D eigenvalue weighted by atomic mass is 16.5. The van der Waals surface area contributed by atoms with Crippen LogP contribution in [0.1, 0.15) is 23.8 Å². The third kappa shape index (κ3) is 1.63. The molecule has 0 saturated heterocycles.